The third-order valence-corrected chi connectivity index (χ3v) is 2.10. The molecule has 0 aromatic rings. The summed E-state index contributed by atoms with van der Waals surface area (Å²) >= 11 is 0. The second-order valence-electron chi connectivity index (χ2n) is 4.23. The van der Waals surface area contributed by atoms with Crippen LogP contribution in [-0.4, -0.2) is 23.3 Å². The second kappa shape index (κ2) is 5.55. The lowest BCUT2D eigenvalue weighted by Gasteiger charge is -2.23. The summed E-state index contributed by atoms with van der Waals surface area (Å²) in [7, 11) is 0. The molecule has 0 spiro atoms. The van der Waals surface area contributed by atoms with Gasteiger partial charge < -0.3 is 10.4 Å². The van der Waals surface area contributed by atoms with Crippen molar-refractivity contribution in [1.82, 2.24) is 5.32 Å². The van der Waals surface area contributed by atoms with E-state index in [0.717, 1.165) is 6.42 Å². The Kier molecular flexibility index (Phi) is 5.51. The van der Waals surface area contributed by atoms with Gasteiger partial charge in [-0.05, 0) is 33.1 Å². The summed E-state index contributed by atoms with van der Waals surface area (Å²) < 4.78 is 0. The molecule has 3 atom stereocenters. The van der Waals surface area contributed by atoms with Gasteiger partial charge in [0.2, 0.25) is 0 Å². The third kappa shape index (κ3) is 5.56. The highest BCUT2D eigenvalue weighted by atomic mass is 16.3. The smallest absolute Gasteiger partial charge is 0.0662 e. The molecule has 2 nitrogen and oxygen atoms in total. The molecule has 0 rings (SSSR count). The van der Waals surface area contributed by atoms with Gasteiger partial charge in [0.15, 0.2) is 0 Å². The highest BCUT2D eigenvalue weighted by Gasteiger charge is 2.12. The normalized spacial score (nSPS) is 19.2. The molecule has 0 aromatic carbocycles. The van der Waals surface area contributed by atoms with Gasteiger partial charge in [-0.1, -0.05) is 13.8 Å². The van der Waals surface area contributed by atoms with E-state index in [1.807, 2.05) is 13.8 Å². The van der Waals surface area contributed by atoms with E-state index in [4.69, 9.17) is 0 Å². The van der Waals surface area contributed by atoms with Crippen molar-refractivity contribution < 1.29 is 5.11 Å². The van der Waals surface area contributed by atoms with Crippen molar-refractivity contribution in [3.8, 4) is 0 Å². The number of nitrogens with one attached hydrogen (secondary N) is 1. The Morgan fingerprint density at radius 2 is 1.58 bits per heavy atom. The Bertz CT molecular complexity index is 112. The zero-order chi connectivity index (χ0) is 9.72. The predicted octanol–water partition coefficient (Wildman–Crippen LogP) is 1.78. The van der Waals surface area contributed by atoms with E-state index < -0.39 is 0 Å². The Balaban J connectivity index is 3.61. The molecule has 0 amide bonds. The Morgan fingerprint density at radius 1 is 1.08 bits per heavy atom. The van der Waals surface area contributed by atoms with Crippen LogP contribution in [0.15, 0.2) is 0 Å². The van der Waals surface area contributed by atoms with E-state index in [2.05, 4.69) is 26.1 Å². The highest BCUT2D eigenvalue weighted by molar-refractivity contribution is 4.72. The molecule has 74 valence electrons. The summed E-state index contributed by atoms with van der Waals surface area (Å²) in [5.41, 5.74) is 0. The van der Waals surface area contributed by atoms with Crippen molar-refractivity contribution in [3.63, 3.8) is 0 Å². The van der Waals surface area contributed by atoms with Gasteiger partial charge in [-0.3, -0.25) is 0 Å². The lowest BCUT2D eigenvalue weighted by Crippen LogP contribution is -2.41. The van der Waals surface area contributed by atoms with Crippen LogP contribution in [0.3, 0.4) is 0 Å². The minimum absolute atomic E-state index is 0.193. The van der Waals surface area contributed by atoms with Gasteiger partial charge in [-0.2, -0.15) is 0 Å². The molecule has 0 radical (unpaired) electrons. The standard InChI is InChI=1S/C10H23NO/c1-7(2)6-8(3)11-9(4)10(5)12/h7-12H,6H2,1-5H3/t8-,9?,10?/m0/s1. The van der Waals surface area contributed by atoms with Crippen LogP contribution in [0.5, 0.6) is 0 Å². The first kappa shape index (κ1) is 11.9. The molecule has 12 heavy (non-hydrogen) atoms. The maximum Gasteiger partial charge on any atom is 0.0662 e. The number of hydrogen-bond acceptors (Lipinski definition) is 2. The average Bonchev–Trinajstić information content (AvgIpc) is 1.84. The molecule has 0 fully saturated rings. The minimum atomic E-state index is -0.264. The van der Waals surface area contributed by atoms with Crippen LogP contribution in [0.2, 0.25) is 0 Å². The summed E-state index contributed by atoms with van der Waals surface area (Å²) in [5, 5.41) is 12.6. The summed E-state index contributed by atoms with van der Waals surface area (Å²) in [6.45, 7) is 10.4. The Morgan fingerprint density at radius 3 is 1.92 bits per heavy atom. The topological polar surface area (TPSA) is 32.3 Å². The van der Waals surface area contributed by atoms with Crippen LogP contribution in [0, 0.1) is 5.92 Å². The van der Waals surface area contributed by atoms with E-state index >= 15 is 0 Å². The molecular formula is C10H23NO. The molecule has 2 N–H and O–H groups in total. The molecule has 0 saturated heterocycles. The highest BCUT2D eigenvalue weighted by Crippen LogP contribution is 2.05. The Hall–Kier alpha value is -0.0800. The van der Waals surface area contributed by atoms with Crippen LogP contribution >= 0.6 is 0 Å². The molecular weight excluding hydrogens is 150 g/mol. The summed E-state index contributed by atoms with van der Waals surface area (Å²) in [4.78, 5) is 0. The fraction of sp³-hybridized carbons (Fsp3) is 1.00. The quantitative estimate of drug-likeness (QED) is 0.664. The van der Waals surface area contributed by atoms with Gasteiger partial charge in [-0.15, -0.1) is 0 Å². The summed E-state index contributed by atoms with van der Waals surface area (Å²) in [5.74, 6) is 0.716. The summed E-state index contributed by atoms with van der Waals surface area (Å²) in [6.07, 6.45) is 0.900. The van der Waals surface area contributed by atoms with E-state index in [1.165, 1.54) is 0 Å². The fourth-order valence-electron chi connectivity index (χ4n) is 1.36. The van der Waals surface area contributed by atoms with Gasteiger partial charge in [0, 0.05) is 12.1 Å². The minimum Gasteiger partial charge on any atom is -0.392 e. The molecule has 0 aliphatic heterocycles. The largest absolute Gasteiger partial charge is 0.392 e. The monoisotopic (exact) mass is 173 g/mol. The van der Waals surface area contributed by atoms with E-state index in [-0.39, 0.29) is 12.1 Å². The maximum absolute atomic E-state index is 9.24. The van der Waals surface area contributed by atoms with Crippen molar-refractivity contribution in [1.29, 1.82) is 0 Å². The van der Waals surface area contributed by atoms with Crippen LogP contribution in [0.25, 0.3) is 0 Å². The first-order valence-corrected chi connectivity index (χ1v) is 4.87. The fourth-order valence-corrected chi connectivity index (χ4v) is 1.36. The molecule has 0 bridgehead atoms. The van der Waals surface area contributed by atoms with Gasteiger partial charge in [-0.25, -0.2) is 0 Å². The SMILES string of the molecule is CC(C)C[C@H](C)NC(C)C(C)O. The van der Waals surface area contributed by atoms with Crippen molar-refractivity contribution in [2.75, 3.05) is 0 Å². The molecule has 0 aliphatic carbocycles. The predicted molar refractivity (Wildman–Crippen MR) is 53.2 cm³/mol. The molecule has 0 heterocycles. The van der Waals surface area contributed by atoms with Gasteiger partial charge in [0.25, 0.3) is 0 Å². The lowest BCUT2D eigenvalue weighted by molar-refractivity contribution is 0.145. The molecule has 0 saturated carbocycles. The molecule has 2 unspecified atom stereocenters. The van der Waals surface area contributed by atoms with Crippen LogP contribution in [-0.2, 0) is 0 Å². The zero-order valence-corrected chi connectivity index (χ0v) is 8.96. The number of hydrogen-bond donors (Lipinski definition) is 2. The number of rotatable bonds is 5. The van der Waals surface area contributed by atoms with Crippen molar-refractivity contribution in [2.45, 2.75) is 59.2 Å². The maximum atomic E-state index is 9.24. The van der Waals surface area contributed by atoms with Crippen molar-refractivity contribution in [2.24, 2.45) is 5.92 Å². The molecule has 0 aromatic heterocycles. The van der Waals surface area contributed by atoms with E-state index in [9.17, 15) is 5.11 Å². The van der Waals surface area contributed by atoms with Crippen molar-refractivity contribution >= 4 is 0 Å². The van der Waals surface area contributed by atoms with Crippen LogP contribution < -0.4 is 5.32 Å². The average molecular weight is 173 g/mol. The van der Waals surface area contributed by atoms with Crippen LogP contribution in [0.4, 0.5) is 0 Å². The molecule has 0 aliphatic rings. The zero-order valence-electron chi connectivity index (χ0n) is 8.96. The van der Waals surface area contributed by atoms with Gasteiger partial charge in [0.05, 0.1) is 6.10 Å². The lowest BCUT2D eigenvalue weighted by atomic mass is 10.0. The third-order valence-electron chi connectivity index (χ3n) is 2.10. The first-order valence-electron chi connectivity index (χ1n) is 4.87. The van der Waals surface area contributed by atoms with Gasteiger partial charge >= 0.3 is 0 Å². The van der Waals surface area contributed by atoms with E-state index in [1.54, 1.807) is 0 Å². The van der Waals surface area contributed by atoms with Crippen molar-refractivity contribution in [3.05, 3.63) is 0 Å². The molecule has 2 heteroatoms. The van der Waals surface area contributed by atoms with Gasteiger partial charge in [0.1, 0.15) is 0 Å². The number of aliphatic hydroxyl groups is 1. The second-order valence-corrected chi connectivity index (χ2v) is 4.23. The van der Waals surface area contributed by atoms with E-state index in [0.29, 0.717) is 12.0 Å². The van der Waals surface area contributed by atoms with Crippen LogP contribution in [0.1, 0.15) is 41.0 Å². The Labute approximate surface area is 76.4 Å². The number of aliphatic hydroxyl groups excluding tert-OH is 1. The summed E-state index contributed by atoms with van der Waals surface area (Å²) in [6, 6.07) is 0.688. The first-order chi connectivity index (χ1) is 5.43.